The molecule has 1 N–H and O–H groups in total. The van der Waals surface area contributed by atoms with Gasteiger partial charge in [0.1, 0.15) is 17.2 Å². The molecule has 0 saturated carbocycles. The highest BCUT2D eigenvalue weighted by Crippen LogP contribution is 2.35. The molecule has 0 bridgehead atoms. The molecular weight excluding hydrogens is 404 g/mol. The third kappa shape index (κ3) is 3.83. The average molecular weight is 431 g/mol. The summed E-state index contributed by atoms with van der Waals surface area (Å²) >= 11 is 3.04. The zero-order valence-corrected chi connectivity index (χ0v) is 18.9. The second-order valence-corrected chi connectivity index (χ2v) is 9.80. The molecule has 154 valence electrons. The Labute approximate surface area is 178 Å². The number of thiophene rings is 1. The molecule has 0 fully saturated rings. The van der Waals surface area contributed by atoms with Crippen LogP contribution < -0.4 is 10.3 Å². The minimum absolute atomic E-state index is 0.0219. The molecular formula is C22H26N2O3S2. The molecule has 0 saturated heterocycles. The van der Waals surface area contributed by atoms with Crippen molar-refractivity contribution >= 4 is 33.3 Å². The van der Waals surface area contributed by atoms with Crippen LogP contribution in [0.3, 0.4) is 0 Å². The average Bonchev–Trinajstić information content (AvgIpc) is 3.27. The number of rotatable bonds is 6. The van der Waals surface area contributed by atoms with Crippen molar-refractivity contribution in [1.29, 1.82) is 0 Å². The fourth-order valence-electron chi connectivity index (χ4n) is 3.78. The standard InChI is InChI=1S/C22H26N2O3S2/c1-12-8-9-13(2)19(14(12)3)27-10-15(25)11-28-22-23-20-18(21(26)24(22)4)16-6-5-7-17(16)29-20/h8-9,15,25H,5-7,10-11H2,1-4H3. The third-order valence-electron chi connectivity index (χ3n) is 5.60. The van der Waals surface area contributed by atoms with Gasteiger partial charge in [0.05, 0.1) is 11.5 Å². The molecule has 0 spiro atoms. The molecule has 1 aliphatic carbocycles. The van der Waals surface area contributed by atoms with Gasteiger partial charge in [-0.3, -0.25) is 9.36 Å². The lowest BCUT2D eigenvalue weighted by atomic mass is 10.1. The second-order valence-electron chi connectivity index (χ2n) is 7.73. The van der Waals surface area contributed by atoms with E-state index in [1.54, 1.807) is 23.0 Å². The number of aliphatic hydroxyl groups excluding tert-OH is 1. The number of hydrogen-bond acceptors (Lipinski definition) is 6. The number of benzene rings is 1. The van der Waals surface area contributed by atoms with E-state index in [1.165, 1.54) is 27.8 Å². The van der Waals surface area contributed by atoms with Crippen LogP contribution in [0, 0.1) is 20.8 Å². The third-order valence-corrected chi connectivity index (χ3v) is 7.96. The molecule has 1 aromatic carbocycles. The van der Waals surface area contributed by atoms with Crippen molar-refractivity contribution in [2.24, 2.45) is 7.05 Å². The van der Waals surface area contributed by atoms with Crippen LogP contribution in [0.5, 0.6) is 5.75 Å². The summed E-state index contributed by atoms with van der Waals surface area (Å²) in [5.74, 6) is 1.26. The molecule has 2 aromatic heterocycles. The van der Waals surface area contributed by atoms with E-state index >= 15 is 0 Å². The Balaban J connectivity index is 1.45. The van der Waals surface area contributed by atoms with Crippen LogP contribution in [0.15, 0.2) is 22.1 Å². The molecule has 0 amide bonds. The maximum Gasteiger partial charge on any atom is 0.262 e. The van der Waals surface area contributed by atoms with Crippen LogP contribution in [-0.2, 0) is 19.9 Å². The summed E-state index contributed by atoms with van der Waals surface area (Å²) in [6.07, 6.45) is 2.51. The van der Waals surface area contributed by atoms with Gasteiger partial charge in [-0.2, -0.15) is 0 Å². The van der Waals surface area contributed by atoms with Gasteiger partial charge in [0, 0.05) is 17.7 Å². The van der Waals surface area contributed by atoms with Crippen molar-refractivity contribution in [3.8, 4) is 5.75 Å². The van der Waals surface area contributed by atoms with Gasteiger partial charge in [-0.25, -0.2) is 4.98 Å². The fourth-order valence-corrected chi connectivity index (χ4v) is 5.96. The molecule has 29 heavy (non-hydrogen) atoms. The van der Waals surface area contributed by atoms with Gasteiger partial charge in [-0.15, -0.1) is 11.3 Å². The molecule has 1 unspecified atom stereocenters. The maximum absolute atomic E-state index is 12.9. The first-order valence-electron chi connectivity index (χ1n) is 9.88. The van der Waals surface area contributed by atoms with Crippen LogP contribution in [0.2, 0.25) is 0 Å². The Kier molecular flexibility index (Phi) is 5.73. The second kappa shape index (κ2) is 8.13. The predicted molar refractivity (Wildman–Crippen MR) is 120 cm³/mol. The van der Waals surface area contributed by atoms with E-state index in [-0.39, 0.29) is 12.2 Å². The quantitative estimate of drug-likeness (QED) is 0.474. The molecule has 1 aliphatic rings. The lowest BCUT2D eigenvalue weighted by molar-refractivity contribution is 0.125. The summed E-state index contributed by atoms with van der Waals surface area (Å²) in [5, 5.41) is 11.9. The summed E-state index contributed by atoms with van der Waals surface area (Å²) in [6.45, 7) is 6.31. The molecule has 1 atom stereocenters. The molecule has 0 aliphatic heterocycles. The number of aryl methyl sites for hydroxylation is 4. The fraction of sp³-hybridized carbons (Fsp3) is 0.455. The SMILES string of the molecule is Cc1ccc(C)c(OCC(O)CSc2nc3sc4c(c3c(=O)n2C)CCC4)c1C. The first kappa shape index (κ1) is 20.4. The maximum atomic E-state index is 12.9. The van der Waals surface area contributed by atoms with Gasteiger partial charge in [0.25, 0.3) is 5.56 Å². The van der Waals surface area contributed by atoms with Crippen LogP contribution in [0.25, 0.3) is 10.2 Å². The molecule has 5 nitrogen and oxygen atoms in total. The molecule has 4 rings (SSSR count). The normalized spacial score (nSPS) is 14.4. The van der Waals surface area contributed by atoms with Crippen molar-refractivity contribution < 1.29 is 9.84 Å². The lowest BCUT2D eigenvalue weighted by Gasteiger charge is -2.17. The van der Waals surface area contributed by atoms with E-state index in [1.807, 2.05) is 19.9 Å². The minimum atomic E-state index is -0.653. The topological polar surface area (TPSA) is 64.3 Å². The highest BCUT2D eigenvalue weighted by atomic mass is 32.2. The van der Waals surface area contributed by atoms with Gasteiger partial charge >= 0.3 is 0 Å². The zero-order valence-electron chi connectivity index (χ0n) is 17.2. The van der Waals surface area contributed by atoms with E-state index in [9.17, 15) is 9.90 Å². The Morgan fingerprint density at radius 2 is 2.03 bits per heavy atom. The molecule has 0 radical (unpaired) electrons. The Bertz CT molecular complexity index is 1130. The van der Waals surface area contributed by atoms with E-state index in [0.29, 0.717) is 10.9 Å². The molecule has 7 heteroatoms. The number of thioether (sulfide) groups is 1. The van der Waals surface area contributed by atoms with Crippen molar-refractivity contribution in [3.05, 3.63) is 49.6 Å². The largest absolute Gasteiger partial charge is 0.490 e. The highest BCUT2D eigenvalue weighted by Gasteiger charge is 2.22. The first-order valence-corrected chi connectivity index (χ1v) is 11.7. The monoisotopic (exact) mass is 430 g/mol. The van der Waals surface area contributed by atoms with Gasteiger partial charge < -0.3 is 9.84 Å². The van der Waals surface area contributed by atoms with E-state index in [0.717, 1.165) is 46.4 Å². The zero-order chi connectivity index (χ0) is 20.7. The number of ether oxygens (including phenoxy) is 1. The Hall–Kier alpha value is -1.83. The number of nitrogens with zero attached hydrogens (tertiary/aromatic N) is 2. The molecule has 2 heterocycles. The highest BCUT2D eigenvalue weighted by molar-refractivity contribution is 7.99. The van der Waals surface area contributed by atoms with Gasteiger partial charge in [0.2, 0.25) is 0 Å². The summed E-state index contributed by atoms with van der Waals surface area (Å²) in [4.78, 5) is 19.7. The molecule has 3 aromatic rings. The smallest absolute Gasteiger partial charge is 0.262 e. The summed E-state index contributed by atoms with van der Waals surface area (Å²) in [6, 6.07) is 4.11. The summed E-state index contributed by atoms with van der Waals surface area (Å²) in [5.41, 5.74) is 4.56. The Morgan fingerprint density at radius 1 is 1.28 bits per heavy atom. The number of hydrogen-bond donors (Lipinski definition) is 1. The van der Waals surface area contributed by atoms with Crippen LogP contribution in [0.1, 0.15) is 33.6 Å². The van der Waals surface area contributed by atoms with Gasteiger partial charge in [-0.1, -0.05) is 23.9 Å². The Morgan fingerprint density at radius 3 is 2.83 bits per heavy atom. The van der Waals surface area contributed by atoms with Gasteiger partial charge in [-0.05, 0) is 62.3 Å². The van der Waals surface area contributed by atoms with Crippen LogP contribution in [0.4, 0.5) is 0 Å². The van der Waals surface area contributed by atoms with Crippen molar-refractivity contribution in [2.45, 2.75) is 51.3 Å². The minimum Gasteiger partial charge on any atom is -0.490 e. The number of fused-ring (bicyclic) bond motifs is 3. The van der Waals surface area contributed by atoms with Crippen molar-refractivity contribution in [2.75, 3.05) is 12.4 Å². The van der Waals surface area contributed by atoms with Crippen LogP contribution in [-0.4, -0.2) is 33.1 Å². The predicted octanol–water partition coefficient (Wildman–Crippen LogP) is 3.94. The lowest BCUT2D eigenvalue weighted by Crippen LogP contribution is -2.23. The first-order chi connectivity index (χ1) is 13.9. The number of aromatic nitrogens is 2. The number of aliphatic hydroxyl groups is 1. The van der Waals surface area contributed by atoms with E-state index in [4.69, 9.17) is 9.72 Å². The van der Waals surface area contributed by atoms with E-state index < -0.39 is 6.10 Å². The van der Waals surface area contributed by atoms with Crippen LogP contribution >= 0.6 is 23.1 Å². The van der Waals surface area contributed by atoms with Crippen molar-refractivity contribution in [1.82, 2.24) is 9.55 Å². The van der Waals surface area contributed by atoms with Gasteiger partial charge in [0.15, 0.2) is 5.16 Å². The van der Waals surface area contributed by atoms with Crippen molar-refractivity contribution in [3.63, 3.8) is 0 Å². The summed E-state index contributed by atoms with van der Waals surface area (Å²) < 4.78 is 7.53. The summed E-state index contributed by atoms with van der Waals surface area (Å²) in [7, 11) is 1.76. The van der Waals surface area contributed by atoms with E-state index in [2.05, 4.69) is 13.0 Å².